The molecule has 2 aliphatic carbocycles. The molecule has 62 valence electrons. The average molecular weight is 160 g/mol. The van der Waals surface area contributed by atoms with Crippen LogP contribution in [0.3, 0.4) is 0 Å². The Morgan fingerprint density at radius 1 is 1.08 bits per heavy atom. The van der Waals surface area contributed by atoms with Crippen molar-refractivity contribution in [3.8, 4) is 0 Å². The van der Waals surface area contributed by atoms with Gasteiger partial charge in [0.1, 0.15) is 5.78 Å². The van der Waals surface area contributed by atoms with Gasteiger partial charge in [-0.1, -0.05) is 36.5 Å². The van der Waals surface area contributed by atoms with Crippen LogP contribution >= 0.6 is 0 Å². The van der Waals surface area contributed by atoms with Crippen molar-refractivity contribution in [2.75, 3.05) is 0 Å². The summed E-state index contributed by atoms with van der Waals surface area (Å²) in [7, 11) is 0. The first-order chi connectivity index (χ1) is 5.79. The Hall–Kier alpha value is -1.11. The highest BCUT2D eigenvalue weighted by molar-refractivity contribution is 5.81. The lowest BCUT2D eigenvalue weighted by Gasteiger charge is -2.19. The third-order valence-corrected chi connectivity index (χ3v) is 2.65. The molecule has 0 saturated heterocycles. The summed E-state index contributed by atoms with van der Waals surface area (Å²) in [5.41, 5.74) is 0. The average Bonchev–Trinajstić information content (AvgIpc) is 2.47. The molecule has 0 N–H and O–H groups in total. The highest BCUT2D eigenvalue weighted by Crippen LogP contribution is 2.35. The highest BCUT2D eigenvalue weighted by Gasteiger charge is 2.31. The zero-order chi connectivity index (χ0) is 8.55. The monoisotopic (exact) mass is 160 g/mol. The SMILES string of the molecule is CC(=O)C1C=C[C@H]2C=CC=C[C@@H]12. The second kappa shape index (κ2) is 2.74. The van der Waals surface area contributed by atoms with Crippen molar-refractivity contribution in [3.63, 3.8) is 0 Å². The molecule has 0 bridgehead atoms. The van der Waals surface area contributed by atoms with Crippen LogP contribution in [0.1, 0.15) is 6.92 Å². The van der Waals surface area contributed by atoms with E-state index in [4.69, 9.17) is 0 Å². The Morgan fingerprint density at radius 3 is 2.58 bits per heavy atom. The minimum Gasteiger partial charge on any atom is -0.299 e. The molecule has 0 fully saturated rings. The molecule has 0 amide bonds. The molecule has 0 saturated carbocycles. The number of hydrogen-bond acceptors (Lipinski definition) is 1. The first-order valence-corrected chi connectivity index (χ1v) is 4.33. The number of hydrogen-bond donors (Lipinski definition) is 0. The zero-order valence-electron chi connectivity index (χ0n) is 7.10. The van der Waals surface area contributed by atoms with E-state index >= 15 is 0 Å². The first-order valence-electron chi connectivity index (χ1n) is 4.33. The summed E-state index contributed by atoms with van der Waals surface area (Å²) in [5.74, 6) is 1.26. The first kappa shape index (κ1) is 7.53. The van der Waals surface area contributed by atoms with Gasteiger partial charge in [-0.05, 0) is 12.8 Å². The fourth-order valence-electron chi connectivity index (χ4n) is 1.98. The van der Waals surface area contributed by atoms with Crippen molar-refractivity contribution < 1.29 is 4.79 Å². The molecule has 1 nitrogen and oxygen atoms in total. The van der Waals surface area contributed by atoms with Crippen LogP contribution in [0.25, 0.3) is 0 Å². The Morgan fingerprint density at radius 2 is 1.83 bits per heavy atom. The van der Waals surface area contributed by atoms with Crippen LogP contribution in [0.15, 0.2) is 36.5 Å². The summed E-state index contributed by atoms with van der Waals surface area (Å²) in [6.45, 7) is 1.67. The smallest absolute Gasteiger partial charge is 0.137 e. The molecule has 12 heavy (non-hydrogen) atoms. The summed E-state index contributed by atoms with van der Waals surface area (Å²) in [4.78, 5) is 11.2. The number of fused-ring (bicyclic) bond motifs is 1. The number of allylic oxidation sites excluding steroid dienone is 6. The molecule has 3 atom stereocenters. The van der Waals surface area contributed by atoms with Gasteiger partial charge in [0.2, 0.25) is 0 Å². The maximum Gasteiger partial charge on any atom is 0.137 e. The van der Waals surface area contributed by atoms with Gasteiger partial charge in [-0.25, -0.2) is 0 Å². The summed E-state index contributed by atoms with van der Waals surface area (Å²) < 4.78 is 0. The molecule has 0 aromatic carbocycles. The fraction of sp³-hybridized carbons (Fsp3) is 0.364. The lowest BCUT2D eigenvalue weighted by Crippen LogP contribution is -2.19. The third-order valence-electron chi connectivity index (χ3n) is 2.65. The van der Waals surface area contributed by atoms with Crippen LogP contribution in [0.4, 0.5) is 0 Å². The van der Waals surface area contributed by atoms with Crippen molar-refractivity contribution >= 4 is 5.78 Å². The summed E-state index contributed by atoms with van der Waals surface area (Å²) >= 11 is 0. The number of carbonyl (C=O) groups excluding carboxylic acids is 1. The molecule has 0 radical (unpaired) electrons. The molecule has 0 aromatic rings. The molecule has 1 unspecified atom stereocenters. The van der Waals surface area contributed by atoms with E-state index in [9.17, 15) is 4.79 Å². The van der Waals surface area contributed by atoms with E-state index in [-0.39, 0.29) is 11.7 Å². The predicted octanol–water partition coefficient (Wildman–Crippen LogP) is 2.12. The molecule has 2 aliphatic rings. The molecule has 1 heteroatoms. The van der Waals surface area contributed by atoms with Crippen LogP contribution < -0.4 is 0 Å². The van der Waals surface area contributed by atoms with E-state index in [2.05, 4.69) is 18.2 Å². The van der Waals surface area contributed by atoms with Crippen molar-refractivity contribution in [2.24, 2.45) is 17.8 Å². The highest BCUT2D eigenvalue weighted by atomic mass is 16.1. The van der Waals surface area contributed by atoms with E-state index in [1.165, 1.54) is 0 Å². The van der Waals surface area contributed by atoms with Gasteiger partial charge in [-0.3, -0.25) is 4.79 Å². The standard InChI is InChI=1S/C11H12O/c1-8(12)10-7-6-9-4-2-3-5-11(9)10/h2-7,9-11H,1H3/t9-,10?,11-/m1/s1. The van der Waals surface area contributed by atoms with Crippen LogP contribution in [0.5, 0.6) is 0 Å². The minimum absolute atomic E-state index is 0.121. The Bertz CT molecular complexity index is 283. The molecule has 0 aromatic heterocycles. The van der Waals surface area contributed by atoms with Gasteiger partial charge in [0, 0.05) is 11.8 Å². The van der Waals surface area contributed by atoms with Crippen LogP contribution in [0.2, 0.25) is 0 Å². The quantitative estimate of drug-likeness (QED) is 0.537. The van der Waals surface area contributed by atoms with E-state index in [0.717, 1.165) is 0 Å². The van der Waals surface area contributed by atoms with Crippen molar-refractivity contribution in [2.45, 2.75) is 6.92 Å². The fourth-order valence-corrected chi connectivity index (χ4v) is 1.98. The van der Waals surface area contributed by atoms with Gasteiger partial charge in [0.25, 0.3) is 0 Å². The molecule has 0 heterocycles. The summed E-state index contributed by atoms with van der Waals surface area (Å²) in [6, 6.07) is 0. The van der Waals surface area contributed by atoms with Crippen LogP contribution in [-0.2, 0) is 4.79 Å². The van der Waals surface area contributed by atoms with Crippen LogP contribution in [0, 0.1) is 17.8 Å². The largest absolute Gasteiger partial charge is 0.299 e. The van der Waals surface area contributed by atoms with E-state index < -0.39 is 0 Å². The van der Waals surface area contributed by atoms with Crippen molar-refractivity contribution in [3.05, 3.63) is 36.5 Å². The Kier molecular flexibility index (Phi) is 1.72. The maximum atomic E-state index is 11.2. The second-order valence-electron chi connectivity index (χ2n) is 3.45. The summed E-state index contributed by atoms with van der Waals surface area (Å²) in [5, 5.41) is 0. The summed E-state index contributed by atoms with van der Waals surface area (Å²) in [6.07, 6.45) is 12.5. The lowest BCUT2D eigenvalue weighted by atomic mass is 9.83. The topological polar surface area (TPSA) is 17.1 Å². The van der Waals surface area contributed by atoms with Crippen molar-refractivity contribution in [1.29, 1.82) is 0 Å². The molecular weight excluding hydrogens is 148 g/mol. The van der Waals surface area contributed by atoms with Gasteiger partial charge >= 0.3 is 0 Å². The van der Waals surface area contributed by atoms with Crippen molar-refractivity contribution in [1.82, 2.24) is 0 Å². The van der Waals surface area contributed by atoms with Gasteiger partial charge in [0.15, 0.2) is 0 Å². The molecule has 0 aliphatic heterocycles. The van der Waals surface area contributed by atoms with Gasteiger partial charge in [0.05, 0.1) is 0 Å². The Labute approximate surface area is 72.5 Å². The molecule has 2 rings (SSSR count). The zero-order valence-corrected chi connectivity index (χ0v) is 7.10. The van der Waals surface area contributed by atoms with Gasteiger partial charge in [-0.15, -0.1) is 0 Å². The molecule has 0 spiro atoms. The predicted molar refractivity (Wildman–Crippen MR) is 48.6 cm³/mol. The number of ketones is 1. The van der Waals surface area contributed by atoms with E-state index in [1.807, 2.05) is 18.2 Å². The number of carbonyl (C=O) groups is 1. The van der Waals surface area contributed by atoms with Gasteiger partial charge < -0.3 is 0 Å². The number of rotatable bonds is 1. The molecular formula is C11H12O. The normalized spacial score (nSPS) is 36.9. The van der Waals surface area contributed by atoms with Gasteiger partial charge in [-0.2, -0.15) is 0 Å². The third kappa shape index (κ3) is 1.06. The van der Waals surface area contributed by atoms with E-state index in [0.29, 0.717) is 11.8 Å². The minimum atomic E-state index is 0.121. The number of Topliss-reactive ketones (excluding diaryl/α,β-unsaturated/α-hetero) is 1. The maximum absolute atomic E-state index is 11.2. The Balaban J connectivity index is 2.24. The lowest BCUT2D eigenvalue weighted by molar-refractivity contribution is -0.120. The van der Waals surface area contributed by atoms with E-state index in [1.54, 1.807) is 6.92 Å². The second-order valence-corrected chi connectivity index (χ2v) is 3.45. The van der Waals surface area contributed by atoms with Crippen LogP contribution in [-0.4, -0.2) is 5.78 Å².